The third kappa shape index (κ3) is 1.70. The van der Waals surface area contributed by atoms with Crippen LogP contribution in [0.1, 0.15) is 52.4 Å². The van der Waals surface area contributed by atoms with Gasteiger partial charge in [-0.25, -0.2) is 0 Å². The summed E-state index contributed by atoms with van der Waals surface area (Å²) in [5.74, 6) is 1.86. The van der Waals surface area contributed by atoms with Gasteiger partial charge in [-0.05, 0) is 51.0 Å². The molecule has 2 nitrogen and oxygen atoms in total. The molecule has 0 aliphatic heterocycles. The average Bonchev–Trinajstić information content (AvgIpc) is 2.90. The molecule has 2 fully saturated rings. The summed E-state index contributed by atoms with van der Waals surface area (Å²) in [5.41, 5.74) is 6.51. The van der Waals surface area contributed by atoms with Crippen molar-refractivity contribution in [3.05, 3.63) is 0 Å². The van der Waals surface area contributed by atoms with Crippen LogP contribution in [-0.2, 0) is 0 Å². The number of likely N-dealkylation sites (N-methyl/N-ethyl adjacent to an activating group) is 1. The van der Waals surface area contributed by atoms with E-state index in [1.165, 1.54) is 38.5 Å². The van der Waals surface area contributed by atoms with Gasteiger partial charge in [-0.15, -0.1) is 0 Å². The Balaban J connectivity index is 2.15. The molecule has 2 bridgehead atoms. The number of nitrogens with zero attached hydrogens (tertiary/aromatic N) is 1. The molecule has 2 heteroatoms. The predicted molar refractivity (Wildman–Crippen MR) is 69.4 cm³/mol. The fraction of sp³-hybridized carbons (Fsp3) is 1.00. The van der Waals surface area contributed by atoms with Gasteiger partial charge in [0.25, 0.3) is 0 Å². The molecule has 0 saturated heterocycles. The van der Waals surface area contributed by atoms with Gasteiger partial charge in [0.15, 0.2) is 0 Å². The number of fused-ring (bicyclic) bond motifs is 2. The summed E-state index contributed by atoms with van der Waals surface area (Å²) < 4.78 is 0. The van der Waals surface area contributed by atoms with E-state index >= 15 is 0 Å². The molecule has 0 heterocycles. The van der Waals surface area contributed by atoms with Crippen LogP contribution in [0.25, 0.3) is 0 Å². The van der Waals surface area contributed by atoms with E-state index in [4.69, 9.17) is 5.73 Å². The first-order valence-electron chi connectivity index (χ1n) is 7.11. The van der Waals surface area contributed by atoms with E-state index in [-0.39, 0.29) is 0 Å². The second-order valence-corrected chi connectivity index (χ2v) is 5.97. The highest BCUT2D eigenvalue weighted by Crippen LogP contribution is 2.53. The van der Waals surface area contributed by atoms with Gasteiger partial charge in [-0.3, -0.25) is 4.90 Å². The quantitative estimate of drug-likeness (QED) is 0.778. The summed E-state index contributed by atoms with van der Waals surface area (Å²) in [4.78, 5) is 2.65. The Labute approximate surface area is 101 Å². The Kier molecular flexibility index (Phi) is 3.60. The van der Waals surface area contributed by atoms with E-state index in [1.54, 1.807) is 0 Å². The van der Waals surface area contributed by atoms with Crippen LogP contribution in [0.4, 0.5) is 0 Å². The third-order valence-electron chi connectivity index (χ3n) is 5.49. The molecule has 2 rings (SSSR count). The Morgan fingerprint density at radius 1 is 1.31 bits per heavy atom. The standard InChI is InChI=1S/C14H28N2/c1-4-13(5-2)16(3)14(10-15)9-11-6-7-12(14)8-11/h11-13H,4-10,15H2,1-3H3. The molecular weight excluding hydrogens is 196 g/mol. The first kappa shape index (κ1) is 12.4. The van der Waals surface area contributed by atoms with E-state index in [0.29, 0.717) is 5.54 Å². The van der Waals surface area contributed by atoms with Gasteiger partial charge in [-0.1, -0.05) is 20.3 Å². The molecule has 0 amide bonds. The lowest BCUT2D eigenvalue weighted by atomic mass is 9.78. The van der Waals surface area contributed by atoms with Crippen LogP contribution in [0, 0.1) is 11.8 Å². The van der Waals surface area contributed by atoms with Gasteiger partial charge in [0.1, 0.15) is 0 Å². The van der Waals surface area contributed by atoms with Gasteiger partial charge in [-0.2, -0.15) is 0 Å². The SMILES string of the molecule is CCC(CC)N(C)C1(CN)CC2CCC1C2. The summed E-state index contributed by atoms with van der Waals surface area (Å²) in [7, 11) is 2.32. The van der Waals surface area contributed by atoms with E-state index in [9.17, 15) is 0 Å². The summed E-state index contributed by atoms with van der Waals surface area (Å²) in [6.45, 7) is 5.48. The van der Waals surface area contributed by atoms with Crippen molar-refractivity contribution < 1.29 is 0 Å². The Bertz CT molecular complexity index is 237. The van der Waals surface area contributed by atoms with Crippen LogP contribution in [0.5, 0.6) is 0 Å². The van der Waals surface area contributed by atoms with Crippen molar-refractivity contribution in [1.29, 1.82) is 0 Å². The third-order valence-corrected chi connectivity index (χ3v) is 5.49. The van der Waals surface area contributed by atoms with Crippen molar-refractivity contribution in [2.24, 2.45) is 17.6 Å². The number of hydrogen-bond acceptors (Lipinski definition) is 2. The largest absolute Gasteiger partial charge is 0.329 e. The minimum Gasteiger partial charge on any atom is -0.329 e. The highest BCUT2D eigenvalue weighted by atomic mass is 15.2. The highest BCUT2D eigenvalue weighted by Gasteiger charge is 2.53. The highest BCUT2D eigenvalue weighted by molar-refractivity contribution is 5.08. The molecule has 16 heavy (non-hydrogen) atoms. The van der Waals surface area contributed by atoms with Crippen molar-refractivity contribution >= 4 is 0 Å². The fourth-order valence-corrected chi connectivity index (χ4v) is 4.44. The van der Waals surface area contributed by atoms with Crippen LogP contribution in [0.3, 0.4) is 0 Å². The van der Waals surface area contributed by atoms with Crippen LogP contribution in [-0.4, -0.2) is 30.1 Å². The summed E-state index contributed by atoms with van der Waals surface area (Å²) >= 11 is 0. The summed E-state index contributed by atoms with van der Waals surface area (Å²) in [6.07, 6.45) is 8.21. The van der Waals surface area contributed by atoms with Crippen LogP contribution < -0.4 is 5.73 Å². The molecule has 2 N–H and O–H groups in total. The van der Waals surface area contributed by atoms with Gasteiger partial charge in [0, 0.05) is 18.1 Å². The summed E-state index contributed by atoms with van der Waals surface area (Å²) in [6, 6.07) is 0.725. The van der Waals surface area contributed by atoms with E-state index < -0.39 is 0 Å². The molecule has 94 valence electrons. The van der Waals surface area contributed by atoms with Crippen molar-refractivity contribution in [2.45, 2.75) is 64.0 Å². The molecule has 0 aromatic rings. The number of hydrogen-bond donors (Lipinski definition) is 1. The number of rotatable bonds is 5. The molecule has 0 aromatic carbocycles. The summed E-state index contributed by atoms with van der Waals surface area (Å²) in [5, 5.41) is 0. The molecule has 0 spiro atoms. The van der Waals surface area contributed by atoms with E-state index in [2.05, 4.69) is 25.8 Å². The molecule has 0 radical (unpaired) electrons. The Morgan fingerprint density at radius 3 is 2.38 bits per heavy atom. The van der Waals surface area contributed by atoms with Crippen LogP contribution >= 0.6 is 0 Å². The predicted octanol–water partition coefficient (Wildman–Crippen LogP) is 2.62. The maximum atomic E-state index is 6.16. The zero-order valence-corrected chi connectivity index (χ0v) is 11.2. The molecule has 0 aromatic heterocycles. The molecule has 2 aliphatic rings. The second kappa shape index (κ2) is 4.66. The van der Waals surface area contributed by atoms with Gasteiger partial charge in [0.05, 0.1) is 0 Å². The van der Waals surface area contributed by atoms with Gasteiger partial charge in [0.2, 0.25) is 0 Å². The maximum absolute atomic E-state index is 6.16. The smallest absolute Gasteiger partial charge is 0.0362 e. The molecule has 3 unspecified atom stereocenters. The molecule has 2 aliphatic carbocycles. The zero-order chi connectivity index (χ0) is 11.8. The van der Waals surface area contributed by atoms with Crippen LogP contribution in [0.2, 0.25) is 0 Å². The van der Waals surface area contributed by atoms with Crippen molar-refractivity contribution in [2.75, 3.05) is 13.6 Å². The maximum Gasteiger partial charge on any atom is 0.0362 e. The first-order valence-corrected chi connectivity index (χ1v) is 7.11. The van der Waals surface area contributed by atoms with Crippen LogP contribution in [0.15, 0.2) is 0 Å². The normalized spacial score (nSPS) is 37.9. The first-order chi connectivity index (χ1) is 7.67. The fourth-order valence-electron chi connectivity index (χ4n) is 4.44. The molecule has 2 saturated carbocycles. The van der Waals surface area contributed by atoms with Crippen molar-refractivity contribution in [3.8, 4) is 0 Å². The number of nitrogens with two attached hydrogens (primary N) is 1. The Hall–Kier alpha value is -0.0800. The van der Waals surface area contributed by atoms with Crippen molar-refractivity contribution in [3.63, 3.8) is 0 Å². The average molecular weight is 224 g/mol. The Morgan fingerprint density at radius 2 is 2.00 bits per heavy atom. The minimum absolute atomic E-state index is 0.347. The van der Waals surface area contributed by atoms with E-state index in [1.807, 2.05) is 0 Å². The zero-order valence-electron chi connectivity index (χ0n) is 11.2. The van der Waals surface area contributed by atoms with Crippen molar-refractivity contribution in [1.82, 2.24) is 4.90 Å². The van der Waals surface area contributed by atoms with Gasteiger partial charge < -0.3 is 5.73 Å². The lowest BCUT2D eigenvalue weighted by Gasteiger charge is -2.48. The minimum atomic E-state index is 0.347. The van der Waals surface area contributed by atoms with E-state index in [0.717, 1.165) is 24.4 Å². The lowest BCUT2D eigenvalue weighted by molar-refractivity contribution is 0.0257. The lowest BCUT2D eigenvalue weighted by Crippen LogP contribution is -2.58. The topological polar surface area (TPSA) is 29.3 Å². The molecule has 3 atom stereocenters. The van der Waals surface area contributed by atoms with Gasteiger partial charge >= 0.3 is 0 Å². The second-order valence-electron chi connectivity index (χ2n) is 5.97. The monoisotopic (exact) mass is 224 g/mol. The molecular formula is C14H28N2.